The molecule has 2 aromatic heterocycles. The smallest absolute Gasteiger partial charge is 0.406 e. The Kier molecular flexibility index (Phi) is 6.40. The van der Waals surface area contributed by atoms with Gasteiger partial charge in [-0.25, -0.2) is 0 Å². The third-order valence-electron chi connectivity index (χ3n) is 4.54. The van der Waals surface area contributed by atoms with Gasteiger partial charge >= 0.3 is 6.18 Å². The molecule has 0 saturated carbocycles. The van der Waals surface area contributed by atoms with Gasteiger partial charge in [0.15, 0.2) is 0 Å². The second kappa shape index (κ2) is 8.78. The fourth-order valence-corrected chi connectivity index (χ4v) is 3.16. The molecule has 0 unspecified atom stereocenters. The highest BCUT2D eigenvalue weighted by Gasteiger charge is 2.34. The van der Waals surface area contributed by atoms with Crippen LogP contribution in [0.1, 0.15) is 17.2 Å². The molecule has 1 aliphatic heterocycles. The number of rotatable bonds is 7. The number of aromatic nitrogens is 1. The first-order valence-electron chi connectivity index (χ1n) is 9.02. The Morgan fingerprint density at radius 1 is 1.25 bits per heavy atom. The number of halogens is 3. The van der Waals surface area contributed by atoms with Gasteiger partial charge in [-0.1, -0.05) is 5.16 Å². The number of nitrogens with zero attached hydrogens (tertiary/aromatic N) is 4. The van der Waals surface area contributed by atoms with Crippen molar-refractivity contribution < 1.29 is 26.9 Å². The molecule has 2 aromatic rings. The van der Waals surface area contributed by atoms with Gasteiger partial charge in [-0.3, -0.25) is 14.6 Å². The number of amides is 1. The molecule has 0 spiro atoms. The molecule has 10 heteroatoms. The molecule has 1 aliphatic rings. The molecule has 0 bridgehead atoms. The van der Waals surface area contributed by atoms with Crippen molar-refractivity contribution in [3.63, 3.8) is 0 Å². The van der Waals surface area contributed by atoms with Crippen LogP contribution in [0.2, 0.25) is 0 Å². The van der Waals surface area contributed by atoms with E-state index in [1.54, 1.807) is 12.1 Å². The lowest BCUT2D eigenvalue weighted by Gasteiger charge is -2.35. The van der Waals surface area contributed by atoms with Crippen molar-refractivity contribution in [2.45, 2.75) is 26.2 Å². The molecule has 7 nitrogen and oxygen atoms in total. The van der Waals surface area contributed by atoms with Crippen molar-refractivity contribution in [1.82, 2.24) is 19.9 Å². The summed E-state index contributed by atoms with van der Waals surface area (Å²) in [7, 11) is 0. The molecule has 154 valence electrons. The summed E-state index contributed by atoms with van der Waals surface area (Å²) in [6.45, 7) is 3.55. The minimum absolute atomic E-state index is 0.0479. The van der Waals surface area contributed by atoms with Gasteiger partial charge in [0.1, 0.15) is 18.1 Å². The van der Waals surface area contributed by atoms with E-state index in [2.05, 4.69) is 10.1 Å². The van der Waals surface area contributed by atoms with E-state index < -0.39 is 18.6 Å². The van der Waals surface area contributed by atoms with Crippen molar-refractivity contribution in [3.8, 4) is 0 Å². The Morgan fingerprint density at radius 3 is 2.54 bits per heavy atom. The maximum Gasteiger partial charge on any atom is 0.406 e. The highest BCUT2D eigenvalue weighted by Crippen LogP contribution is 2.19. The van der Waals surface area contributed by atoms with Gasteiger partial charge in [-0.05, 0) is 19.1 Å². The van der Waals surface area contributed by atoms with Crippen LogP contribution in [0.3, 0.4) is 0 Å². The molecular weight excluding hydrogens is 377 g/mol. The van der Waals surface area contributed by atoms with Gasteiger partial charge in [0.2, 0.25) is 5.91 Å². The van der Waals surface area contributed by atoms with Crippen molar-refractivity contribution in [2.24, 2.45) is 0 Å². The fourth-order valence-electron chi connectivity index (χ4n) is 3.16. The minimum Gasteiger partial charge on any atom is -0.467 e. The summed E-state index contributed by atoms with van der Waals surface area (Å²) in [5.74, 6) is 0.514. The molecule has 3 heterocycles. The van der Waals surface area contributed by atoms with Crippen LogP contribution in [0.25, 0.3) is 0 Å². The monoisotopic (exact) mass is 400 g/mol. The lowest BCUT2D eigenvalue weighted by molar-refractivity contribution is -0.163. The summed E-state index contributed by atoms with van der Waals surface area (Å²) in [4.78, 5) is 17.3. The van der Waals surface area contributed by atoms with Crippen LogP contribution in [0, 0.1) is 6.92 Å². The van der Waals surface area contributed by atoms with Gasteiger partial charge < -0.3 is 13.8 Å². The Balaban J connectivity index is 1.50. The summed E-state index contributed by atoms with van der Waals surface area (Å²) < 4.78 is 48.8. The van der Waals surface area contributed by atoms with Crippen LogP contribution in [-0.2, 0) is 17.9 Å². The zero-order valence-corrected chi connectivity index (χ0v) is 15.6. The molecule has 0 N–H and O–H groups in total. The van der Waals surface area contributed by atoms with Gasteiger partial charge in [-0.2, -0.15) is 13.2 Å². The van der Waals surface area contributed by atoms with Gasteiger partial charge in [-0.15, -0.1) is 0 Å². The number of piperazine rings is 1. The number of furan rings is 1. The lowest BCUT2D eigenvalue weighted by atomic mass is 10.2. The van der Waals surface area contributed by atoms with Crippen LogP contribution in [0.4, 0.5) is 13.2 Å². The highest BCUT2D eigenvalue weighted by molar-refractivity contribution is 5.78. The average molecular weight is 400 g/mol. The largest absolute Gasteiger partial charge is 0.467 e. The number of aryl methyl sites for hydroxylation is 1. The molecule has 0 radical (unpaired) electrons. The van der Waals surface area contributed by atoms with E-state index in [1.807, 2.05) is 17.9 Å². The van der Waals surface area contributed by atoms with Crippen molar-refractivity contribution in [3.05, 3.63) is 41.7 Å². The molecular formula is C18H23F3N4O3. The number of alkyl halides is 3. The summed E-state index contributed by atoms with van der Waals surface area (Å²) >= 11 is 0. The first-order chi connectivity index (χ1) is 13.3. The zero-order valence-electron chi connectivity index (χ0n) is 15.6. The van der Waals surface area contributed by atoms with Crippen molar-refractivity contribution in [2.75, 3.05) is 39.3 Å². The molecule has 28 heavy (non-hydrogen) atoms. The van der Waals surface area contributed by atoms with Crippen LogP contribution in [0.15, 0.2) is 33.4 Å². The number of carbonyl (C=O) groups excluding carboxylic acids is 1. The maximum absolute atomic E-state index is 12.9. The molecule has 3 rings (SSSR count). The van der Waals surface area contributed by atoms with Gasteiger partial charge in [0, 0.05) is 38.8 Å². The zero-order chi connectivity index (χ0) is 20.1. The van der Waals surface area contributed by atoms with Gasteiger partial charge in [0.25, 0.3) is 0 Å². The fraction of sp³-hybridized carbons (Fsp3) is 0.556. The van der Waals surface area contributed by atoms with Crippen LogP contribution >= 0.6 is 0 Å². The third-order valence-corrected chi connectivity index (χ3v) is 4.54. The van der Waals surface area contributed by atoms with Crippen LogP contribution in [-0.4, -0.2) is 71.2 Å². The summed E-state index contributed by atoms with van der Waals surface area (Å²) in [5, 5.41) is 3.96. The topological polar surface area (TPSA) is 66.0 Å². The number of hydrogen-bond donors (Lipinski definition) is 0. The Morgan fingerprint density at radius 2 is 1.96 bits per heavy atom. The first-order valence-corrected chi connectivity index (χ1v) is 9.02. The van der Waals surface area contributed by atoms with E-state index in [0.29, 0.717) is 38.5 Å². The standard InChI is InChI=1S/C18H23F3N4O3/c1-14-9-15(22-28-14)10-23-4-6-24(7-5-23)12-17(26)25(13-18(19,20)21)11-16-3-2-8-27-16/h2-3,8-9H,4-7,10-13H2,1H3. The molecule has 0 aliphatic carbocycles. The maximum atomic E-state index is 12.9. The lowest BCUT2D eigenvalue weighted by Crippen LogP contribution is -2.50. The minimum atomic E-state index is -4.46. The predicted octanol–water partition coefficient (Wildman–Crippen LogP) is 2.28. The average Bonchev–Trinajstić information content (AvgIpc) is 3.26. The van der Waals surface area contributed by atoms with E-state index >= 15 is 0 Å². The number of carbonyl (C=O) groups is 1. The molecule has 1 saturated heterocycles. The van der Waals surface area contributed by atoms with E-state index in [1.165, 1.54) is 6.26 Å². The van der Waals surface area contributed by atoms with Crippen LogP contribution < -0.4 is 0 Å². The Hall–Kier alpha value is -2.33. The first kappa shape index (κ1) is 20.4. The Labute approximate surface area is 160 Å². The van der Waals surface area contributed by atoms with E-state index in [4.69, 9.17) is 8.94 Å². The second-order valence-corrected chi connectivity index (χ2v) is 6.93. The highest BCUT2D eigenvalue weighted by atomic mass is 19.4. The van der Waals surface area contributed by atoms with Crippen molar-refractivity contribution >= 4 is 5.91 Å². The molecule has 1 fully saturated rings. The van der Waals surface area contributed by atoms with E-state index in [9.17, 15) is 18.0 Å². The SMILES string of the molecule is Cc1cc(CN2CCN(CC(=O)N(Cc3ccco3)CC(F)(F)F)CC2)no1. The summed E-state index contributed by atoms with van der Waals surface area (Å²) in [6, 6.07) is 5.02. The van der Waals surface area contributed by atoms with Crippen molar-refractivity contribution in [1.29, 1.82) is 0 Å². The van der Waals surface area contributed by atoms with Gasteiger partial charge in [0.05, 0.1) is 25.0 Å². The van der Waals surface area contributed by atoms with E-state index in [0.717, 1.165) is 16.4 Å². The number of hydrogen-bond acceptors (Lipinski definition) is 6. The summed E-state index contributed by atoms with van der Waals surface area (Å²) in [5.41, 5.74) is 0.844. The normalized spacial score (nSPS) is 16.4. The predicted molar refractivity (Wildman–Crippen MR) is 93.1 cm³/mol. The second-order valence-electron chi connectivity index (χ2n) is 6.93. The van der Waals surface area contributed by atoms with Crippen LogP contribution in [0.5, 0.6) is 0 Å². The third kappa shape index (κ3) is 6.10. The molecule has 0 aromatic carbocycles. The molecule has 1 amide bonds. The quantitative estimate of drug-likeness (QED) is 0.711. The molecule has 0 atom stereocenters. The summed E-state index contributed by atoms with van der Waals surface area (Å²) in [6.07, 6.45) is -3.09. The van der Waals surface area contributed by atoms with E-state index in [-0.39, 0.29) is 13.1 Å². The Bertz CT molecular complexity index is 752.